The number of benzene rings is 1. The van der Waals surface area contributed by atoms with E-state index in [2.05, 4.69) is 29.8 Å². The lowest BCUT2D eigenvalue weighted by atomic mass is 9.43. The molecule has 28 heavy (non-hydrogen) atoms. The maximum Gasteiger partial charge on any atom is 0.315 e. The van der Waals surface area contributed by atoms with E-state index in [1.165, 1.54) is 12.7 Å². The lowest BCUT2D eigenvalue weighted by molar-refractivity contribution is -0.184. The number of methoxy groups -OCH3 is 1. The van der Waals surface area contributed by atoms with Gasteiger partial charge in [0.25, 0.3) is 0 Å². The number of likely N-dealkylation sites (N-methyl/N-ethyl adjacent to an activating group) is 1. The van der Waals surface area contributed by atoms with Gasteiger partial charge < -0.3 is 19.5 Å². The topological polar surface area (TPSA) is 62.2 Å². The summed E-state index contributed by atoms with van der Waals surface area (Å²) in [4.78, 5) is 18.4. The fourth-order valence-electron chi connectivity index (χ4n) is 7.78. The SMILES string of the molecule is CC=C1CN2CC[C@@]34c5cc(O)ccc5N(C)[C@]35OCC4(C(=O)OC)[C@@H]1CC25. The first-order chi connectivity index (χ1) is 13.5. The van der Waals surface area contributed by atoms with Crippen LogP contribution >= 0.6 is 0 Å². The summed E-state index contributed by atoms with van der Waals surface area (Å²) in [5, 5.41) is 10.4. The number of carbonyl (C=O) groups is 1. The number of fused-ring (bicyclic) bond motifs is 3. The van der Waals surface area contributed by atoms with Crippen LogP contribution in [0.1, 0.15) is 25.3 Å². The van der Waals surface area contributed by atoms with Gasteiger partial charge in [-0.2, -0.15) is 0 Å². The Bertz CT molecular complexity index is 944. The predicted octanol–water partition coefficient (Wildman–Crippen LogP) is 2.02. The van der Waals surface area contributed by atoms with Crippen LogP contribution in [0.3, 0.4) is 0 Å². The standard InChI is InChI=1S/C22H26N2O4/c1-4-13-11-24-8-7-21-16-9-14(25)5-6-17(16)23(2)22(21)18(24)10-15(13)20(21,12-28-22)19(26)27-3/h4-6,9,15,18,25H,7-8,10-12H2,1-3H3/t15-,18?,20?,21+,22-/m1/s1. The maximum absolute atomic E-state index is 13.6. The highest BCUT2D eigenvalue weighted by Gasteiger charge is 2.86. The van der Waals surface area contributed by atoms with Gasteiger partial charge in [-0.3, -0.25) is 9.69 Å². The number of phenolic OH excluding ortho intramolecular Hbond substituents is 1. The molecule has 2 unspecified atom stereocenters. The quantitative estimate of drug-likeness (QED) is 0.592. The minimum atomic E-state index is -0.764. The molecule has 4 heterocycles. The van der Waals surface area contributed by atoms with Gasteiger partial charge in [0.1, 0.15) is 11.2 Å². The van der Waals surface area contributed by atoms with E-state index in [0.29, 0.717) is 6.61 Å². The van der Waals surface area contributed by atoms with E-state index in [9.17, 15) is 9.90 Å². The van der Waals surface area contributed by atoms with Crippen molar-refractivity contribution in [2.75, 3.05) is 38.8 Å². The average Bonchev–Trinajstić information content (AvgIpc) is 3.08. The minimum Gasteiger partial charge on any atom is -0.508 e. The van der Waals surface area contributed by atoms with Gasteiger partial charge in [-0.15, -0.1) is 0 Å². The van der Waals surface area contributed by atoms with Gasteiger partial charge in [-0.25, -0.2) is 0 Å². The summed E-state index contributed by atoms with van der Waals surface area (Å²) < 4.78 is 12.2. The first-order valence-electron chi connectivity index (χ1n) is 10.2. The van der Waals surface area contributed by atoms with Crippen LogP contribution in [0.25, 0.3) is 0 Å². The number of piperidine rings is 2. The Labute approximate surface area is 164 Å². The van der Waals surface area contributed by atoms with Gasteiger partial charge in [-0.1, -0.05) is 11.6 Å². The number of phenols is 1. The third kappa shape index (κ3) is 1.37. The molecule has 0 amide bonds. The van der Waals surface area contributed by atoms with Crippen LogP contribution in [0.5, 0.6) is 5.75 Å². The molecule has 6 rings (SSSR count). The molecule has 1 aliphatic carbocycles. The first kappa shape index (κ1) is 16.9. The van der Waals surface area contributed by atoms with Crippen molar-refractivity contribution in [2.24, 2.45) is 11.3 Å². The largest absolute Gasteiger partial charge is 0.508 e. The molecular weight excluding hydrogens is 356 g/mol. The Morgan fingerprint density at radius 2 is 2.25 bits per heavy atom. The van der Waals surface area contributed by atoms with E-state index >= 15 is 0 Å². The molecule has 4 fully saturated rings. The van der Waals surface area contributed by atoms with E-state index < -0.39 is 16.6 Å². The van der Waals surface area contributed by atoms with E-state index in [0.717, 1.165) is 37.2 Å². The summed E-state index contributed by atoms with van der Waals surface area (Å²) >= 11 is 0. The summed E-state index contributed by atoms with van der Waals surface area (Å²) in [7, 11) is 3.58. The summed E-state index contributed by atoms with van der Waals surface area (Å²) in [5.41, 5.74) is 1.54. The molecule has 1 aromatic carbocycles. The summed E-state index contributed by atoms with van der Waals surface area (Å²) in [6.45, 7) is 4.25. The molecule has 5 atom stereocenters. The number of nitrogens with zero attached hydrogens (tertiary/aromatic N) is 2. The molecule has 0 aromatic heterocycles. The average molecular weight is 382 g/mol. The zero-order chi connectivity index (χ0) is 19.5. The molecular formula is C22H26N2O4. The third-order valence-corrected chi connectivity index (χ3v) is 8.67. The van der Waals surface area contributed by atoms with E-state index in [1.54, 1.807) is 6.07 Å². The van der Waals surface area contributed by atoms with Crippen LogP contribution in [0.15, 0.2) is 29.8 Å². The van der Waals surface area contributed by atoms with Gasteiger partial charge in [0, 0.05) is 31.7 Å². The van der Waals surface area contributed by atoms with Crippen LogP contribution in [0, 0.1) is 11.3 Å². The number of aromatic hydroxyl groups is 1. The smallest absolute Gasteiger partial charge is 0.315 e. The number of hydrogen-bond acceptors (Lipinski definition) is 6. The molecule has 1 N–H and O–H groups in total. The van der Waals surface area contributed by atoms with E-state index in [4.69, 9.17) is 9.47 Å². The van der Waals surface area contributed by atoms with Crippen LogP contribution in [0.2, 0.25) is 0 Å². The minimum absolute atomic E-state index is 0.101. The van der Waals surface area contributed by atoms with Crippen LogP contribution < -0.4 is 4.90 Å². The zero-order valence-electron chi connectivity index (χ0n) is 16.6. The zero-order valence-corrected chi connectivity index (χ0v) is 16.6. The number of carbonyl (C=O) groups excluding carboxylic acids is 1. The molecule has 0 radical (unpaired) electrons. The van der Waals surface area contributed by atoms with Crippen LogP contribution in [0.4, 0.5) is 5.69 Å². The van der Waals surface area contributed by atoms with Crippen molar-refractivity contribution in [1.82, 2.24) is 4.90 Å². The van der Waals surface area contributed by atoms with E-state index in [-0.39, 0.29) is 23.7 Å². The lowest BCUT2D eigenvalue weighted by Crippen LogP contribution is -2.80. The molecule has 6 nitrogen and oxygen atoms in total. The summed E-state index contributed by atoms with van der Waals surface area (Å²) in [6.07, 6.45) is 3.92. The second kappa shape index (κ2) is 4.92. The lowest BCUT2D eigenvalue weighted by Gasteiger charge is -2.66. The molecule has 5 aliphatic rings. The first-order valence-corrected chi connectivity index (χ1v) is 10.2. The van der Waals surface area contributed by atoms with E-state index in [1.807, 2.05) is 12.1 Å². The van der Waals surface area contributed by atoms with Crippen LogP contribution in [-0.4, -0.2) is 61.6 Å². The van der Waals surface area contributed by atoms with Gasteiger partial charge in [0.05, 0.1) is 25.2 Å². The molecule has 4 aliphatic heterocycles. The second-order valence-corrected chi connectivity index (χ2v) is 9.00. The van der Waals surface area contributed by atoms with Gasteiger partial charge in [0.15, 0.2) is 5.72 Å². The normalized spacial score (nSPS) is 44.0. The summed E-state index contributed by atoms with van der Waals surface area (Å²) in [5.74, 6) is 0.170. The van der Waals surface area contributed by atoms with Crippen LogP contribution in [-0.2, 0) is 19.7 Å². The Kier molecular flexibility index (Phi) is 2.96. The van der Waals surface area contributed by atoms with Gasteiger partial charge in [-0.05, 0) is 43.5 Å². The molecule has 0 spiro atoms. The van der Waals surface area contributed by atoms with Gasteiger partial charge in [0.2, 0.25) is 0 Å². The highest BCUT2D eigenvalue weighted by molar-refractivity contribution is 5.86. The number of ether oxygens (including phenoxy) is 2. The Hall–Kier alpha value is -2.05. The Morgan fingerprint density at radius 1 is 1.43 bits per heavy atom. The summed E-state index contributed by atoms with van der Waals surface area (Å²) in [6, 6.07) is 5.79. The number of anilines is 1. The van der Waals surface area contributed by atoms with Crippen molar-refractivity contribution < 1.29 is 19.4 Å². The maximum atomic E-state index is 13.6. The third-order valence-electron chi connectivity index (χ3n) is 8.67. The highest BCUT2D eigenvalue weighted by atomic mass is 16.6. The number of esters is 1. The molecule has 1 aromatic rings. The van der Waals surface area contributed by atoms with Crippen molar-refractivity contribution in [2.45, 2.75) is 36.9 Å². The van der Waals surface area contributed by atoms with Crippen molar-refractivity contribution in [3.63, 3.8) is 0 Å². The molecule has 5 bridgehead atoms. The fourth-order valence-corrected chi connectivity index (χ4v) is 7.78. The van der Waals surface area contributed by atoms with Gasteiger partial charge >= 0.3 is 5.97 Å². The number of allylic oxidation sites excluding steroid dienone is 1. The highest BCUT2D eigenvalue weighted by Crippen LogP contribution is 2.76. The van der Waals surface area contributed by atoms with Crippen molar-refractivity contribution >= 4 is 11.7 Å². The molecule has 148 valence electrons. The fraction of sp³-hybridized carbons (Fsp3) is 0.591. The molecule has 1 saturated carbocycles. The second-order valence-electron chi connectivity index (χ2n) is 9.00. The van der Waals surface area contributed by atoms with Crippen molar-refractivity contribution in [1.29, 1.82) is 0 Å². The number of hydrogen-bond donors (Lipinski definition) is 1. The Morgan fingerprint density at radius 3 is 3.00 bits per heavy atom. The van der Waals surface area contributed by atoms with Crippen molar-refractivity contribution in [3.8, 4) is 5.75 Å². The predicted molar refractivity (Wildman–Crippen MR) is 103 cm³/mol. The van der Waals surface area contributed by atoms with Crippen molar-refractivity contribution in [3.05, 3.63) is 35.4 Å². The molecule has 3 saturated heterocycles. The Balaban J connectivity index is 1.75. The number of rotatable bonds is 1. The molecule has 6 heteroatoms. The monoisotopic (exact) mass is 382 g/mol.